The number of benzene rings is 2. The van der Waals surface area contributed by atoms with Crippen LogP contribution in [0, 0.1) is 13.8 Å². The van der Waals surface area contributed by atoms with Gasteiger partial charge in [-0.2, -0.15) is 5.10 Å². The molecule has 3 aromatic rings. The maximum Gasteiger partial charge on any atom is 0.336 e. The fraction of sp³-hybridized carbons (Fsp3) is 0.125. The summed E-state index contributed by atoms with van der Waals surface area (Å²) in [7, 11) is 0. The van der Waals surface area contributed by atoms with E-state index in [4.69, 9.17) is 13.9 Å². The average Bonchev–Trinajstić information content (AvgIpc) is 3.26. The van der Waals surface area contributed by atoms with Gasteiger partial charge in [-0.05, 0) is 61.4 Å². The first kappa shape index (κ1) is 21.6. The summed E-state index contributed by atoms with van der Waals surface area (Å²) >= 11 is 0. The van der Waals surface area contributed by atoms with Crippen LogP contribution in [0.5, 0.6) is 11.5 Å². The first-order valence-corrected chi connectivity index (χ1v) is 9.55. The van der Waals surface area contributed by atoms with Gasteiger partial charge in [0, 0.05) is 6.08 Å². The SMILES string of the molecule is Cc1ccc(OCC(=O)NN=Cc2cccc(OC(=O)C=Cc3ccco3)c2)c(C)c1. The van der Waals surface area contributed by atoms with Crippen molar-refractivity contribution in [3.8, 4) is 11.5 Å². The number of nitrogens with zero attached hydrogens (tertiary/aromatic N) is 1. The van der Waals surface area contributed by atoms with Gasteiger partial charge >= 0.3 is 5.97 Å². The first-order chi connectivity index (χ1) is 15.0. The Morgan fingerprint density at radius 1 is 1.10 bits per heavy atom. The van der Waals surface area contributed by atoms with E-state index in [1.807, 2.05) is 32.0 Å². The number of esters is 1. The Morgan fingerprint density at radius 3 is 2.74 bits per heavy atom. The van der Waals surface area contributed by atoms with Crippen LogP contribution < -0.4 is 14.9 Å². The quantitative estimate of drug-likeness (QED) is 0.196. The van der Waals surface area contributed by atoms with Crippen molar-refractivity contribution in [3.63, 3.8) is 0 Å². The van der Waals surface area contributed by atoms with Gasteiger partial charge in [-0.25, -0.2) is 10.2 Å². The van der Waals surface area contributed by atoms with E-state index >= 15 is 0 Å². The predicted molar refractivity (Wildman–Crippen MR) is 117 cm³/mol. The molecule has 31 heavy (non-hydrogen) atoms. The van der Waals surface area contributed by atoms with Crippen molar-refractivity contribution in [1.82, 2.24) is 5.43 Å². The van der Waals surface area contributed by atoms with Crippen LogP contribution in [-0.4, -0.2) is 24.7 Å². The molecule has 2 aromatic carbocycles. The van der Waals surface area contributed by atoms with Gasteiger partial charge in [-0.15, -0.1) is 0 Å². The Balaban J connectivity index is 1.48. The van der Waals surface area contributed by atoms with Crippen LogP contribution in [-0.2, 0) is 9.59 Å². The molecule has 0 aliphatic carbocycles. The third kappa shape index (κ3) is 7.01. The summed E-state index contributed by atoms with van der Waals surface area (Å²) in [5.41, 5.74) is 5.14. The van der Waals surface area contributed by atoms with E-state index in [1.54, 1.807) is 36.4 Å². The van der Waals surface area contributed by atoms with E-state index in [2.05, 4.69) is 10.5 Å². The van der Waals surface area contributed by atoms with E-state index in [9.17, 15) is 9.59 Å². The summed E-state index contributed by atoms with van der Waals surface area (Å²) in [5, 5.41) is 3.91. The maximum absolute atomic E-state index is 11.9. The highest BCUT2D eigenvalue weighted by molar-refractivity contribution is 5.89. The standard InChI is InChI=1S/C24H22N2O5/c1-17-8-10-22(18(2)13-17)30-16-23(27)26-25-15-19-5-3-6-21(14-19)31-24(28)11-9-20-7-4-12-29-20/h3-15H,16H2,1-2H3,(H,26,27). The maximum atomic E-state index is 11.9. The highest BCUT2D eigenvalue weighted by atomic mass is 16.5. The molecule has 0 bridgehead atoms. The predicted octanol–water partition coefficient (Wildman–Crippen LogP) is 4.04. The zero-order chi connectivity index (χ0) is 22.1. The molecule has 158 valence electrons. The summed E-state index contributed by atoms with van der Waals surface area (Å²) in [6, 6.07) is 15.9. The minimum atomic E-state index is -0.540. The number of rotatable bonds is 8. The molecule has 0 atom stereocenters. The number of hydrazone groups is 1. The third-order valence-corrected chi connectivity index (χ3v) is 4.10. The molecule has 1 amide bonds. The molecule has 0 saturated heterocycles. The second kappa shape index (κ2) is 10.6. The molecule has 1 N–H and O–H groups in total. The second-order valence-corrected chi connectivity index (χ2v) is 6.69. The Bertz CT molecular complexity index is 1100. The summed E-state index contributed by atoms with van der Waals surface area (Å²) in [6.45, 7) is 3.76. The number of hydrogen-bond donors (Lipinski definition) is 1. The molecule has 1 aromatic heterocycles. The summed E-state index contributed by atoms with van der Waals surface area (Å²) < 4.78 is 15.9. The minimum Gasteiger partial charge on any atom is -0.483 e. The lowest BCUT2D eigenvalue weighted by Crippen LogP contribution is -2.24. The first-order valence-electron chi connectivity index (χ1n) is 9.55. The molecule has 1 heterocycles. The van der Waals surface area contributed by atoms with Crippen molar-refractivity contribution < 1.29 is 23.5 Å². The molecular formula is C24H22N2O5. The van der Waals surface area contributed by atoms with Crippen LogP contribution in [0.4, 0.5) is 0 Å². The molecule has 7 nitrogen and oxygen atoms in total. The number of amides is 1. The fourth-order valence-electron chi connectivity index (χ4n) is 2.66. The van der Waals surface area contributed by atoms with Crippen LogP contribution in [0.3, 0.4) is 0 Å². The zero-order valence-corrected chi connectivity index (χ0v) is 17.2. The van der Waals surface area contributed by atoms with Gasteiger partial charge in [0.15, 0.2) is 6.61 Å². The van der Waals surface area contributed by atoms with E-state index in [1.165, 1.54) is 24.6 Å². The Labute approximate surface area is 180 Å². The van der Waals surface area contributed by atoms with Crippen molar-refractivity contribution in [1.29, 1.82) is 0 Å². The number of furan rings is 1. The lowest BCUT2D eigenvalue weighted by molar-refractivity contribution is -0.129. The van der Waals surface area contributed by atoms with Crippen molar-refractivity contribution >= 4 is 24.2 Å². The van der Waals surface area contributed by atoms with Gasteiger partial charge in [0.25, 0.3) is 5.91 Å². The fourth-order valence-corrected chi connectivity index (χ4v) is 2.66. The number of ether oxygens (including phenoxy) is 2. The van der Waals surface area contributed by atoms with Gasteiger partial charge in [0.05, 0.1) is 12.5 Å². The monoisotopic (exact) mass is 418 g/mol. The van der Waals surface area contributed by atoms with Gasteiger partial charge in [-0.1, -0.05) is 29.8 Å². The van der Waals surface area contributed by atoms with Gasteiger partial charge < -0.3 is 13.9 Å². The van der Waals surface area contributed by atoms with Crippen LogP contribution in [0.2, 0.25) is 0 Å². The average molecular weight is 418 g/mol. The summed E-state index contributed by atoms with van der Waals surface area (Å²) in [5.74, 6) is 0.627. The van der Waals surface area contributed by atoms with E-state index in [0.29, 0.717) is 22.8 Å². The normalized spacial score (nSPS) is 11.0. The second-order valence-electron chi connectivity index (χ2n) is 6.69. The van der Waals surface area contributed by atoms with Crippen molar-refractivity contribution in [2.75, 3.05) is 6.61 Å². The largest absolute Gasteiger partial charge is 0.483 e. The molecule has 0 fully saturated rings. The molecule has 3 rings (SSSR count). The Kier molecular flexibility index (Phi) is 7.37. The lowest BCUT2D eigenvalue weighted by Gasteiger charge is -2.08. The minimum absolute atomic E-state index is 0.152. The summed E-state index contributed by atoms with van der Waals surface area (Å²) in [6.07, 6.45) is 5.76. The van der Waals surface area contributed by atoms with Crippen molar-refractivity contribution in [3.05, 3.63) is 89.4 Å². The molecular weight excluding hydrogens is 396 g/mol. The lowest BCUT2D eigenvalue weighted by atomic mass is 10.1. The Hall–Kier alpha value is -4.13. The summed E-state index contributed by atoms with van der Waals surface area (Å²) in [4.78, 5) is 23.8. The highest BCUT2D eigenvalue weighted by Crippen LogP contribution is 2.18. The Morgan fingerprint density at radius 2 is 1.97 bits per heavy atom. The van der Waals surface area contributed by atoms with Gasteiger partial charge in [0.1, 0.15) is 17.3 Å². The molecule has 0 unspecified atom stereocenters. The van der Waals surface area contributed by atoms with E-state index < -0.39 is 5.97 Å². The van der Waals surface area contributed by atoms with E-state index in [0.717, 1.165) is 11.1 Å². The smallest absolute Gasteiger partial charge is 0.336 e. The van der Waals surface area contributed by atoms with Crippen LogP contribution in [0.15, 0.2) is 76.5 Å². The van der Waals surface area contributed by atoms with Gasteiger partial charge in [-0.3, -0.25) is 4.79 Å². The zero-order valence-electron chi connectivity index (χ0n) is 17.2. The number of carbonyl (C=O) groups is 2. The van der Waals surface area contributed by atoms with Gasteiger partial charge in [0.2, 0.25) is 0 Å². The third-order valence-electron chi connectivity index (χ3n) is 4.10. The molecule has 0 aliphatic rings. The number of aryl methyl sites for hydroxylation is 2. The number of carbonyl (C=O) groups excluding carboxylic acids is 2. The topological polar surface area (TPSA) is 90.1 Å². The van der Waals surface area contributed by atoms with Crippen LogP contribution in [0.1, 0.15) is 22.5 Å². The van der Waals surface area contributed by atoms with Crippen molar-refractivity contribution in [2.45, 2.75) is 13.8 Å². The van der Waals surface area contributed by atoms with Crippen LogP contribution in [0.25, 0.3) is 6.08 Å². The molecule has 0 spiro atoms. The molecule has 0 aliphatic heterocycles. The number of hydrogen-bond acceptors (Lipinski definition) is 6. The van der Waals surface area contributed by atoms with E-state index in [-0.39, 0.29) is 12.5 Å². The van der Waals surface area contributed by atoms with Crippen molar-refractivity contribution in [2.24, 2.45) is 5.10 Å². The molecule has 0 radical (unpaired) electrons. The van der Waals surface area contributed by atoms with Crippen LogP contribution >= 0.6 is 0 Å². The highest BCUT2D eigenvalue weighted by Gasteiger charge is 2.05. The number of nitrogens with one attached hydrogen (secondary N) is 1. The molecule has 0 saturated carbocycles. The molecule has 7 heteroatoms.